The van der Waals surface area contributed by atoms with Gasteiger partial charge in [-0.3, -0.25) is 0 Å². The highest BCUT2D eigenvalue weighted by Crippen LogP contribution is 2.33. The number of halogens is 3. The maximum absolute atomic E-state index is 14.6. The Morgan fingerprint density at radius 2 is 2.03 bits per heavy atom. The third kappa shape index (κ3) is 4.22. The van der Waals surface area contributed by atoms with Crippen LogP contribution < -0.4 is 0 Å². The van der Waals surface area contributed by atoms with Gasteiger partial charge in [-0.05, 0) is 51.8 Å². The summed E-state index contributed by atoms with van der Waals surface area (Å²) in [5.74, 6) is -0.941. The number of hydrogen-bond acceptors (Lipinski definition) is 5. The van der Waals surface area contributed by atoms with Gasteiger partial charge >= 0.3 is 5.97 Å². The number of ether oxygens (including phenoxy) is 3. The molecule has 1 aromatic heterocycles. The van der Waals surface area contributed by atoms with Gasteiger partial charge in [0.2, 0.25) is 0 Å². The van der Waals surface area contributed by atoms with Crippen LogP contribution in [0.15, 0.2) is 34.8 Å². The highest BCUT2D eigenvalue weighted by molar-refractivity contribution is 9.10. The van der Waals surface area contributed by atoms with Crippen LogP contribution >= 0.6 is 15.9 Å². The Balaban J connectivity index is 1.86. The number of esters is 1. The van der Waals surface area contributed by atoms with Crippen LogP contribution in [0.2, 0.25) is 0 Å². The van der Waals surface area contributed by atoms with Crippen molar-refractivity contribution in [3.8, 4) is 0 Å². The van der Waals surface area contributed by atoms with Crippen LogP contribution in [0.4, 0.5) is 8.78 Å². The van der Waals surface area contributed by atoms with Crippen LogP contribution in [0.1, 0.15) is 27.8 Å². The Hall–Kier alpha value is -2.36. The molecule has 0 spiro atoms. The van der Waals surface area contributed by atoms with E-state index in [0.717, 1.165) is 6.07 Å². The molecule has 4 rings (SSSR count). The molecule has 0 unspecified atom stereocenters. The molecular formula is C22H21BrF2N2O4. The fourth-order valence-electron chi connectivity index (χ4n) is 4.00. The standard InChI is InChI=1S/C22H21BrF2N2O4/c1-29-9-14-10-31-11-20(14)27-19-6-12(22(28)30-2)3-4-18(19)26-21(27)7-13-5-17(25)15(23)8-16(13)24/h3-6,8,14,20H,7,9-11H2,1-2H3/t14-,20+/m0/s1. The molecule has 1 aliphatic rings. The third-order valence-corrected chi connectivity index (χ3v) is 6.11. The minimum absolute atomic E-state index is 0.0504. The molecule has 1 aliphatic heterocycles. The largest absolute Gasteiger partial charge is 0.465 e. The number of rotatable bonds is 6. The van der Waals surface area contributed by atoms with E-state index in [-0.39, 0.29) is 28.4 Å². The smallest absolute Gasteiger partial charge is 0.337 e. The van der Waals surface area contributed by atoms with Gasteiger partial charge in [0.1, 0.15) is 17.5 Å². The molecule has 1 fully saturated rings. The summed E-state index contributed by atoms with van der Waals surface area (Å²) in [6, 6.07) is 7.21. The molecule has 1 saturated heterocycles. The molecule has 0 saturated carbocycles. The number of aromatic nitrogens is 2. The van der Waals surface area contributed by atoms with Crippen molar-refractivity contribution in [2.24, 2.45) is 5.92 Å². The maximum Gasteiger partial charge on any atom is 0.337 e. The molecule has 0 bridgehead atoms. The predicted octanol–water partition coefficient (Wildman–Crippen LogP) is 4.29. The minimum atomic E-state index is -0.548. The fourth-order valence-corrected chi connectivity index (χ4v) is 4.31. The van der Waals surface area contributed by atoms with Crippen molar-refractivity contribution in [3.05, 3.63) is 63.4 Å². The number of imidazole rings is 1. The van der Waals surface area contributed by atoms with E-state index in [0.29, 0.717) is 42.2 Å². The first-order chi connectivity index (χ1) is 14.9. The molecular weight excluding hydrogens is 474 g/mol. The van der Waals surface area contributed by atoms with E-state index < -0.39 is 17.6 Å². The molecule has 0 aliphatic carbocycles. The molecule has 0 radical (unpaired) electrons. The summed E-state index contributed by atoms with van der Waals surface area (Å²) in [7, 11) is 2.94. The molecule has 2 aromatic carbocycles. The van der Waals surface area contributed by atoms with Crippen molar-refractivity contribution in [2.45, 2.75) is 12.5 Å². The average molecular weight is 495 g/mol. The molecule has 9 heteroatoms. The van der Waals surface area contributed by atoms with Gasteiger partial charge in [0.05, 0.1) is 54.0 Å². The van der Waals surface area contributed by atoms with Crippen molar-refractivity contribution < 1.29 is 27.8 Å². The van der Waals surface area contributed by atoms with Gasteiger partial charge in [0, 0.05) is 19.4 Å². The van der Waals surface area contributed by atoms with E-state index in [2.05, 4.69) is 20.9 Å². The third-order valence-electron chi connectivity index (χ3n) is 5.50. The number of methoxy groups -OCH3 is 2. The Bertz CT molecular complexity index is 1130. The van der Waals surface area contributed by atoms with Gasteiger partial charge < -0.3 is 18.8 Å². The van der Waals surface area contributed by atoms with E-state index in [4.69, 9.17) is 14.2 Å². The quantitative estimate of drug-likeness (QED) is 0.377. The first kappa shape index (κ1) is 21.9. The molecule has 0 N–H and O–H groups in total. The van der Waals surface area contributed by atoms with Gasteiger partial charge in [-0.1, -0.05) is 0 Å². The summed E-state index contributed by atoms with van der Waals surface area (Å²) < 4.78 is 46.5. The molecule has 6 nitrogen and oxygen atoms in total. The minimum Gasteiger partial charge on any atom is -0.465 e. The molecule has 3 aromatic rings. The van der Waals surface area contributed by atoms with Crippen molar-refractivity contribution in [2.75, 3.05) is 34.0 Å². The van der Waals surface area contributed by atoms with Crippen LogP contribution in [-0.4, -0.2) is 49.6 Å². The topological polar surface area (TPSA) is 62.6 Å². The SMILES string of the molecule is COC[C@H]1COC[C@H]1n1c(Cc2cc(F)c(Br)cc2F)nc2ccc(C(=O)OC)cc21. The van der Waals surface area contributed by atoms with E-state index in [9.17, 15) is 13.6 Å². The van der Waals surface area contributed by atoms with E-state index in [1.807, 2.05) is 4.57 Å². The fraction of sp³-hybridized carbons (Fsp3) is 0.364. The number of hydrogen-bond donors (Lipinski definition) is 0. The molecule has 2 heterocycles. The lowest BCUT2D eigenvalue weighted by Gasteiger charge is -2.22. The Labute approximate surface area is 186 Å². The van der Waals surface area contributed by atoms with Crippen molar-refractivity contribution >= 4 is 32.9 Å². The van der Waals surface area contributed by atoms with Gasteiger partial charge in [-0.2, -0.15) is 0 Å². The lowest BCUT2D eigenvalue weighted by molar-refractivity contribution is 0.0601. The Morgan fingerprint density at radius 3 is 2.77 bits per heavy atom. The molecule has 31 heavy (non-hydrogen) atoms. The number of nitrogens with zero attached hydrogens (tertiary/aromatic N) is 2. The van der Waals surface area contributed by atoms with Gasteiger partial charge in [0.15, 0.2) is 0 Å². The number of carbonyl (C=O) groups is 1. The highest BCUT2D eigenvalue weighted by Gasteiger charge is 2.33. The van der Waals surface area contributed by atoms with Crippen molar-refractivity contribution in [1.82, 2.24) is 9.55 Å². The summed E-state index contributed by atoms with van der Waals surface area (Å²) in [4.78, 5) is 16.8. The number of fused-ring (bicyclic) bond motifs is 1. The summed E-state index contributed by atoms with van der Waals surface area (Å²) in [6.45, 7) is 1.41. The maximum atomic E-state index is 14.6. The van der Waals surface area contributed by atoms with E-state index in [1.165, 1.54) is 13.2 Å². The monoisotopic (exact) mass is 494 g/mol. The zero-order chi connectivity index (χ0) is 22.1. The molecule has 164 valence electrons. The first-order valence-corrected chi connectivity index (χ1v) is 10.5. The Morgan fingerprint density at radius 1 is 1.23 bits per heavy atom. The normalized spacial score (nSPS) is 18.6. The summed E-state index contributed by atoms with van der Waals surface area (Å²) >= 11 is 3.01. The van der Waals surface area contributed by atoms with Gasteiger partial charge in [0.25, 0.3) is 0 Å². The Kier molecular flexibility index (Phi) is 6.36. The van der Waals surface area contributed by atoms with E-state index in [1.54, 1.807) is 25.3 Å². The van der Waals surface area contributed by atoms with Gasteiger partial charge in [-0.25, -0.2) is 18.6 Å². The van der Waals surface area contributed by atoms with Crippen molar-refractivity contribution in [1.29, 1.82) is 0 Å². The van der Waals surface area contributed by atoms with Crippen LogP contribution in [0.25, 0.3) is 11.0 Å². The summed E-state index contributed by atoms with van der Waals surface area (Å²) in [6.07, 6.45) is 0.0779. The lowest BCUT2D eigenvalue weighted by atomic mass is 10.0. The second-order valence-electron chi connectivity index (χ2n) is 7.45. The second kappa shape index (κ2) is 9.02. The zero-order valence-electron chi connectivity index (χ0n) is 17.0. The van der Waals surface area contributed by atoms with Gasteiger partial charge in [-0.15, -0.1) is 0 Å². The lowest BCUT2D eigenvalue weighted by Crippen LogP contribution is -2.23. The molecule has 0 amide bonds. The summed E-state index contributed by atoms with van der Waals surface area (Å²) in [5, 5.41) is 0. The van der Waals surface area contributed by atoms with Crippen molar-refractivity contribution in [3.63, 3.8) is 0 Å². The molecule has 2 atom stereocenters. The summed E-state index contributed by atoms with van der Waals surface area (Å²) in [5.41, 5.74) is 1.91. The van der Waals surface area contributed by atoms with Crippen LogP contribution in [0.5, 0.6) is 0 Å². The zero-order valence-corrected chi connectivity index (χ0v) is 18.6. The average Bonchev–Trinajstić information content (AvgIpc) is 3.34. The first-order valence-electron chi connectivity index (χ1n) is 9.72. The second-order valence-corrected chi connectivity index (χ2v) is 8.30. The highest BCUT2D eigenvalue weighted by atomic mass is 79.9. The van der Waals surface area contributed by atoms with Crippen LogP contribution in [0, 0.1) is 17.6 Å². The number of benzene rings is 2. The van der Waals surface area contributed by atoms with Crippen LogP contribution in [0.3, 0.4) is 0 Å². The van der Waals surface area contributed by atoms with E-state index >= 15 is 0 Å². The predicted molar refractivity (Wildman–Crippen MR) is 113 cm³/mol. The number of carbonyl (C=O) groups excluding carboxylic acids is 1. The van der Waals surface area contributed by atoms with Crippen LogP contribution in [-0.2, 0) is 20.6 Å².